The lowest BCUT2D eigenvalue weighted by molar-refractivity contribution is -0.124. The Morgan fingerprint density at radius 3 is 2.38 bits per heavy atom. The maximum atomic E-state index is 13.2. The van der Waals surface area contributed by atoms with E-state index in [-0.39, 0.29) is 17.4 Å². The fourth-order valence-corrected chi connectivity index (χ4v) is 6.76. The summed E-state index contributed by atoms with van der Waals surface area (Å²) in [6.45, 7) is 14.2. The zero-order valence-electron chi connectivity index (χ0n) is 24.0. The third kappa shape index (κ3) is 6.81. The van der Waals surface area contributed by atoms with E-state index in [0.29, 0.717) is 30.5 Å². The van der Waals surface area contributed by atoms with Crippen molar-refractivity contribution < 1.29 is 4.79 Å². The van der Waals surface area contributed by atoms with Crippen molar-refractivity contribution in [1.29, 1.82) is 0 Å². The summed E-state index contributed by atoms with van der Waals surface area (Å²) in [6, 6.07) is 12.3. The van der Waals surface area contributed by atoms with Gasteiger partial charge in [0.05, 0.1) is 6.04 Å². The Morgan fingerprint density at radius 1 is 1.08 bits per heavy atom. The fourth-order valence-electron chi connectivity index (χ4n) is 6.76. The van der Waals surface area contributed by atoms with Crippen molar-refractivity contribution in [2.75, 3.05) is 6.54 Å². The first-order chi connectivity index (χ1) is 17.7. The van der Waals surface area contributed by atoms with Crippen molar-refractivity contribution in [3.63, 3.8) is 0 Å². The number of nitrogens with zero attached hydrogens (tertiary/aromatic N) is 4. The van der Waals surface area contributed by atoms with Gasteiger partial charge in [-0.2, -0.15) is 0 Å². The second-order valence-corrected chi connectivity index (χ2v) is 12.6. The van der Waals surface area contributed by atoms with Gasteiger partial charge in [0.2, 0.25) is 5.91 Å². The fraction of sp³-hybridized carbons (Fsp3) is 0.710. The summed E-state index contributed by atoms with van der Waals surface area (Å²) in [6.07, 6.45) is 9.86. The molecule has 1 amide bonds. The Balaban J connectivity index is 1.41. The molecule has 1 aromatic carbocycles. The number of aromatic nitrogens is 3. The summed E-state index contributed by atoms with van der Waals surface area (Å²) in [5.74, 6) is 2.75. The molecule has 1 N–H and O–H groups in total. The molecule has 3 heterocycles. The van der Waals surface area contributed by atoms with Gasteiger partial charge >= 0.3 is 0 Å². The number of unbranched alkanes of at least 4 members (excludes halogenated alkanes) is 1. The topological polar surface area (TPSA) is 63.1 Å². The number of carbonyl (C=O) groups excluding carboxylic acids is 1. The van der Waals surface area contributed by atoms with Gasteiger partial charge in [0.15, 0.2) is 0 Å². The van der Waals surface area contributed by atoms with Crippen molar-refractivity contribution in [3.05, 3.63) is 47.5 Å². The van der Waals surface area contributed by atoms with Crippen LogP contribution >= 0.6 is 0 Å². The van der Waals surface area contributed by atoms with Crippen molar-refractivity contribution in [2.24, 2.45) is 5.41 Å². The highest BCUT2D eigenvalue weighted by atomic mass is 16.1. The number of rotatable bonds is 12. The van der Waals surface area contributed by atoms with Gasteiger partial charge in [0, 0.05) is 37.0 Å². The minimum absolute atomic E-state index is 0.0392. The Kier molecular flexibility index (Phi) is 9.10. The average Bonchev–Trinajstić information content (AvgIpc) is 3.36. The Morgan fingerprint density at radius 2 is 1.76 bits per heavy atom. The Bertz CT molecular complexity index is 1000. The maximum Gasteiger partial charge on any atom is 0.221 e. The molecule has 6 heteroatoms. The van der Waals surface area contributed by atoms with Gasteiger partial charge in [-0.1, -0.05) is 77.8 Å². The highest BCUT2D eigenvalue weighted by Gasteiger charge is 2.42. The number of piperidine rings is 1. The molecule has 2 fully saturated rings. The van der Waals surface area contributed by atoms with E-state index in [1.165, 1.54) is 44.1 Å². The quantitative estimate of drug-likeness (QED) is 0.346. The molecule has 0 spiro atoms. The van der Waals surface area contributed by atoms with Crippen LogP contribution in [0.15, 0.2) is 30.3 Å². The van der Waals surface area contributed by atoms with Gasteiger partial charge in [-0.3, -0.25) is 9.69 Å². The summed E-state index contributed by atoms with van der Waals surface area (Å²) in [5.41, 5.74) is 1.25. The number of nitrogens with one attached hydrogen (secondary N) is 1. The van der Waals surface area contributed by atoms with Crippen LogP contribution < -0.4 is 5.32 Å². The zero-order valence-corrected chi connectivity index (χ0v) is 24.0. The van der Waals surface area contributed by atoms with E-state index in [1.54, 1.807) is 0 Å². The van der Waals surface area contributed by atoms with E-state index in [1.807, 2.05) is 0 Å². The molecule has 2 aromatic rings. The van der Waals surface area contributed by atoms with Crippen LogP contribution in [0.1, 0.15) is 128 Å². The highest BCUT2D eigenvalue weighted by Crippen LogP contribution is 2.42. The molecule has 3 atom stereocenters. The number of benzene rings is 1. The molecule has 4 rings (SSSR count). The van der Waals surface area contributed by atoms with E-state index in [0.717, 1.165) is 31.0 Å². The van der Waals surface area contributed by atoms with Crippen molar-refractivity contribution in [3.8, 4) is 0 Å². The van der Waals surface area contributed by atoms with E-state index in [2.05, 4.69) is 96.9 Å². The van der Waals surface area contributed by atoms with E-state index in [9.17, 15) is 4.79 Å². The molecule has 37 heavy (non-hydrogen) atoms. The van der Waals surface area contributed by atoms with Gasteiger partial charge < -0.3 is 9.88 Å². The third-order valence-electron chi connectivity index (χ3n) is 8.69. The number of hydrogen-bond acceptors (Lipinski definition) is 4. The van der Waals surface area contributed by atoms with Crippen molar-refractivity contribution >= 4 is 5.91 Å². The van der Waals surface area contributed by atoms with Crippen LogP contribution in [-0.2, 0) is 4.79 Å². The minimum atomic E-state index is 0.0392. The molecule has 3 unspecified atom stereocenters. The van der Waals surface area contributed by atoms with Crippen LogP contribution in [0, 0.1) is 12.3 Å². The molecular weight excluding hydrogens is 458 g/mol. The van der Waals surface area contributed by atoms with E-state index in [4.69, 9.17) is 0 Å². The second kappa shape index (κ2) is 12.1. The number of amides is 1. The Labute approximate surface area is 224 Å². The van der Waals surface area contributed by atoms with Crippen LogP contribution in [0.2, 0.25) is 0 Å². The smallest absolute Gasteiger partial charge is 0.221 e. The molecule has 0 saturated carbocycles. The normalized spacial score (nSPS) is 22.9. The number of carbonyl (C=O) groups is 1. The van der Waals surface area contributed by atoms with Crippen LogP contribution in [0.3, 0.4) is 0 Å². The lowest BCUT2D eigenvalue weighted by atomic mass is 9.83. The molecule has 0 radical (unpaired) electrons. The standard InChI is InChI=1S/C31H49N5O/c1-7-8-17-31(5,6)21-29(37)32-28(24-12-10-9-11-13-24)16-18-35-25-14-15-26(35)20-27(19-25)36-23(4)33-34-30(36)22(2)3/h9-13,22,25-28H,7-8,14-21H2,1-6H3,(H,32,37). The number of hydrogen-bond donors (Lipinski definition) is 1. The van der Waals surface area contributed by atoms with Gasteiger partial charge in [-0.15, -0.1) is 10.2 Å². The molecule has 2 bridgehead atoms. The van der Waals surface area contributed by atoms with Gasteiger partial charge in [0.1, 0.15) is 11.6 Å². The molecular formula is C31H49N5O. The zero-order chi connectivity index (χ0) is 26.6. The van der Waals surface area contributed by atoms with Crippen molar-refractivity contribution in [1.82, 2.24) is 25.0 Å². The predicted molar refractivity (Wildman–Crippen MR) is 151 cm³/mol. The predicted octanol–water partition coefficient (Wildman–Crippen LogP) is 6.73. The van der Waals surface area contributed by atoms with Crippen LogP contribution in [-0.4, -0.2) is 44.2 Å². The summed E-state index contributed by atoms with van der Waals surface area (Å²) in [5, 5.41) is 12.4. The molecule has 6 nitrogen and oxygen atoms in total. The molecule has 2 saturated heterocycles. The monoisotopic (exact) mass is 507 g/mol. The van der Waals surface area contributed by atoms with Gasteiger partial charge in [-0.25, -0.2) is 0 Å². The van der Waals surface area contributed by atoms with Gasteiger partial charge in [-0.05, 0) is 56.4 Å². The maximum absolute atomic E-state index is 13.2. The average molecular weight is 508 g/mol. The summed E-state index contributed by atoms with van der Waals surface area (Å²) in [7, 11) is 0. The van der Waals surface area contributed by atoms with E-state index >= 15 is 0 Å². The number of fused-ring (bicyclic) bond motifs is 2. The molecule has 2 aliphatic rings. The van der Waals surface area contributed by atoms with Crippen LogP contribution in [0.4, 0.5) is 0 Å². The van der Waals surface area contributed by atoms with E-state index < -0.39 is 0 Å². The molecule has 1 aromatic heterocycles. The lowest BCUT2D eigenvalue weighted by Gasteiger charge is -2.40. The summed E-state index contributed by atoms with van der Waals surface area (Å²) in [4.78, 5) is 15.9. The first-order valence-electron chi connectivity index (χ1n) is 14.7. The lowest BCUT2D eigenvalue weighted by Crippen LogP contribution is -2.45. The summed E-state index contributed by atoms with van der Waals surface area (Å²) < 4.78 is 2.43. The van der Waals surface area contributed by atoms with Gasteiger partial charge in [0.25, 0.3) is 0 Å². The summed E-state index contributed by atoms with van der Waals surface area (Å²) >= 11 is 0. The highest BCUT2D eigenvalue weighted by molar-refractivity contribution is 5.77. The second-order valence-electron chi connectivity index (χ2n) is 12.6. The molecule has 204 valence electrons. The molecule has 0 aliphatic carbocycles. The Hall–Kier alpha value is -2.21. The SMILES string of the molecule is CCCCC(C)(C)CC(=O)NC(CCN1C2CCC1CC(n1c(C)nnc1C(C)C)C2)c1ccccc1. The third-order valence-corrected chi connectivity index (χ3v) is 8.69. The minimum Gasteiger partial charge on any atom is -0.349 e. The molecule has 2 aliphatic heterocycles. The first kappa shape index (κ1) is 27.8. The van der Waals surface area contributed by atoms with Crippen LogP contribution in [0.25, 0.3) is 0 Å². The van der Waals surface area contributed by atoms with Crippen molar-refractivity contribution in [2.45, 2.75) is 129 Å². The van der Waals surface area contributed by atoms with Crippen LogP contribution in [0.5, 0.6) is 0 Å². The number of aryl methyl sites for hydroxylation is 1. The largest absolute Gasteiger partial charge is 0.349 e. The first-order valence-corrected chi connectivity index (χ1v) is 14.7.